The van der Waals surface area contributed by atoms with Crippen molar-refractivity contribution in [1.29, 1.82) is 0 Å². The highest BCUT2D eigenvalue weighted by atomic mass is 35.5. The number of nitrogens with one attached hydrogen (secondary N) is 2. The molecule has 3 aromatic carbocycles. The zero-order chi connectivity index (χ0) is 22.5. The molecule has 0 bridgehead atoms. The minimum Gasteiger partial charge on any atom is -0.410 e. The van der Waals surface area contributed by atoms with Crippen LogP contribution in [-0.2, 0) is 7.05 Å². The summed E-state index contributed by atoms with van der Waals surface area (Å²) < 4.78 is 6.80. The summed E-state index contributed by atoms with van der Waals surface area (Å²) in [5, 5.41) is 10.3. The maximum absolute atomic E-state index is 12.4. The van der Waals surface area contributed by atoms with Gasteiger partial charge in [-0.25, -0.2) is 4.79 Å². The number of aromatic nitrogens is 2. The molecular formula is C24H19ClN4O3. The van der Waals surface area contributed by atoms with E-state index < -0.39 is 6.09 Å². The van der Waals surface area contributed by atoms with E-state index in [-0.39, 0.29) is 5.91 Å². The van der Waals surface area contributed by atoms with E-state index in [1.165, 1.54) is 0 Å². The van der Waals surface area contributed by atoms with E-state index in [0.29, 0.717) is 33.5 Å². The largest absolute Gasteiger partial charge is 0.418 e. The molecule has 7 nitrogen and oxygen atoms in total. The van der Waals surface area contributed by atoms with Crippen LogP contribution in [0.2, 0.25) is 5.02 Å². The van der Waals surface area contributed by atoms with E-state index in [2.05, 4.69) is 15.7 Å². The van der Waals surface area contributed by atoms with Gasteiger partial charge in [0, 0.05) is 24.4 Å². The third kappa shape index (κ3) is 4.96. The van der Waals surface area contributed by atoms with Crippen LogP contribution in [0.1, 0.15) is 10.4 Å². The highest BCUT2D eigenvalue weighted by molar-refractivity contribution is 6.34. The summed E-state index contributed by atoms with van der Waals surface area (Å²) in [6.45, 7) is 0. The van der Waals surface area contributed by atoms with E-state index in [0.717, 1.165) is 5.56 Å². The number of carbonyl (C=O) groups excluding carboxylic acids is 2. The lowest BCUT2D eigenvalue weighted by molar-refractivity contribution is 0.102. The Morgan fingerprint density at radius 1 is 0.906 bits per heavy atom. The monoisotopic (exact) mass is 446 g/mol. The number of benzene rings is 3. The molecule has 0 unspecified atom stereocenters. The molecule has 2 N–H and O–H groups in total. The predicted octanol–water partition coefficient (Wildman–Crippen LogP) is 5.60. The second-order valence-corrected chi connectivity index (χ2v) is 7.28. The Hall–Kier alpha value is -4.10. The van der Waals surface area contributed by atoms with Gasteiger partial charge in [-0.1, -0.05) is 54.1 Å². The number of aryl methyl sites for hydroxylation is 1. The molecule has 0 saturated heterocycles. The van der Waals surface area contributed by atoms with E-state index in [4.69, 9.17) is 16.3 Å². The lowest BCUT2D eigenvalue weighted by Gasteiger charge is -2.07. The van der Waals surface area contributed by atoms with E-state index in [1.54, 1.807) is 78.5 Å². The molecule has 0 aliphatic heterocycles. The van der Waals surface area contributed by atoms with Crippen LogP contribution in [0.3, 0.4) is 0 Å². The second kappa shape index (κ2) is 9.36. The maximum Gasteiger partial charge on any atom is 0.418 e. The molecule has 0 atom stereocenters. The number of ether oxygens (including phenoxy) is 1. The number of carbonyl (C=O) groups is 2. The van der Waals surface area contributed by atoms with Crippen LogP contribution in [0.5, 0.6) is 5.75 Å². The van der Waals surface area contributed by atoms with Crippen molar-refractivity contribution in [2.24, 2.45) is 7.05 Å². The van der Waals surface area contributed by atoms with E-state index in [1.807, 2.05) is 18.2 Å². The van der Waals surface area contributed by atoms with Crippen molar-refractivity contribution in [2.75, 3.05) is 10.6 Å². The van der Waals surface area contributed by atoms with Crippen LogP contribution >= 0.6 is 11.6 Å². The van der Waals surface area contributed by atoms with Gasteiger partial charge in [-0.05, 0) is 36.4 Å². The Labute approximate surface area is 189 Å². The zero-order valence-electron chi connectivity index (χ0n) is 17.1. The van der Waals surface area contributed by atoms with Crippen LogP contribution < -0.4 is 15.4 Å². The lowest BCUT2D eigenvalue weighted by Crippen LogP contribution is -2.18. The summed E-state index contributed by atoms with van der Waals surface area (Å²) in [7, 11) is 1.72. The summed E-state index contributed by atoms with van der Waals surface area (Å²) in [6.07, 6.45) is -0.608. The topological polar surface area (TPSA) is 85.3 Å². The van der Waals surface area contributed by atoms with Gasteiger partial charge < -0.3 is 10.1 Å². The third-order valence-corrected chi connectivity index (χ3v) is 4.95. The molecule has 0 radical (unpaired) electrons. The Balaban J connectivity index is 1.42. The van der Waals surface area contributed by atoms with Crippen LogP contribution in [0.4, 0.5) is 16.3 Å². The second-order valence-electron chi connectivity index (χ2n) is 6.88. The smallest absolute Gasteiger partial charge is 0.410 e. The van der Waals surface area contributed by atoms with Gasteiger partial charge in [0.15, 0.2) is 0 Å². The van der Waals surface area contributed by atoms with Crippen LogP contribution in [-0.4, -0.2) is 21.8 Å². The normalized spacial score (nSPS) is 10.4. The molecule has 4 rings (SSSR count). The minimum absolute atomic E-state index is 0.287. The Morgan fingerprint density at radius 2 is 1.59 bits per heavy atom. The molecule has 0 aliphatic rings. The number of amides is 2. The SMILES string of the molecule is Cn1nc(-c2ccc(NC(=O)c3ccccc3Cl)cc2)cc1NC(=O)Oc1ccccc1. The van der Waals surface area contributed by atoms with Gasteiger partial charge in [0.2, 0.25) is 0 Å². The van der Waals surface area contributed by atoms with Crippen molar-refractivity contribution in [1.82, 2.24) is 9.78 Å². The van der Waals surface area contributed by atoms with Crippen molar-refractivity contribution in [3.8, 4) is 17.0 Å². The Morgan fingerprint density at radius 3 is 2.31 bits per heavy atom. The van der Waals surface area contributed by atoms with Crippen molar-refractivity contribution >= 4 is 35.1 Å². The number of hydrogen-bond donors (Lipinski definition) is 2. The number of para-hydroxylation sites is 1. The van der Waals surface area contributed by atoms with Crippen molar-refractivity contribution < 1.29 is 14.3 Å². The molecule has 1 aromatic heterocycles. The molecule has 1 heterocycles. The molecule has 0 spiro atoms. The van der Waals surface area contributed by atoms with Gasteiger partial charge >= 0.3 is 6.09 Å². The number of anilines is 2. The Bertz CT molecular complexity index is 1250. The van der Waals surface area contributed by atoms with E-state index >= 15 is 0 Å². The molecule has 0 saturated carbocycles. The quantitative estimate of drug-likeness (QED) is 0.417. The van der Waals surface area contributed by atoms with Crippen molar-refractivity contribution in [3.63, 3.8) is 0 Å². The third-order valence-electron chi connectivity index (χ3n) is 4.62. The van der Waals surface area contributed by atoms with Crippen LogP contribution in [0.25, 0.3) is 11.3 Å². The van der Waals surface area contributed by atoms with Gasteiger partial charge in [-0.15, -0.1) is 0 Å². The van der Waals surface area contributed by atoms with Gasteiger partial charge in [0.05, 0.1) is 16.3 Å². The first kappa shape index (κ1) is 21.1. The zero-order valence-corrected chi connectivity index (χ0v) is 17.8. The molecule has 8 heteroatoms. The molecule has 4 aromatic rings. The van der Waals surface area contributed by atoms with Gasteiger partial charge in [-0.2, -0.15) is 5.10 Å². The fraction of sp³-hybridized carbons (Fsp3) is 0.0417. The Kier molecular flexibility index (Phi) is 6.19. The predicted molar refractivity (Wildman–Crippen MR) is 124 cm³/mol. The summed E-state index contributed by atoms with van der Waals surface area (Å²) in [6, 6.07) is 24.6. The first-order chi connectivity index (χ1) is 15.5. The standard InChI is InChI=1S/C24H19ClN4O3/c1-29-22(27-24(31)32-18-7-3-2-4-8-18)15-21(28-29)16-11-13-17(14-12-16)26-23(30)19-9-5-6-10-20(19)25/h2-15H,1H3,(H,26,30)(H,27,31). The summed E-state index contributed by atoms with van der Waals surface area (Å²) in [4.78, 5) is 24.6. The first-order valence-corrected chi connectivity index (χ1v) is 10.1. The minimum atomic E-state index is -0.608. The number of halogens is 1. The van der Waals surface area contributed by atoms with E-state index in [9.17, 15) is 9.59 Å². The molecule has 0 fully saturated rings. The highest BCUT2D eigenvalue weighted by Gasteiger charge is 2.13. The summed E-state index contributed by atoms with van der Waals surface area (Å²) >= 11 is 6.08. The van der Waals surface area contributed by atoms with Crippen LogP contribution in [0.15, 0.2) is 84.9 Å². The fourth-order valence-electron chi connectivity index (χ4n) is 3.02. The first-order valence-electron chi connectivity index (χ1n) is 9.74. The van der Waals surface area contributed by atoms with Crippen LogP contribution in [0, 0.1) is 0 Å². The molecule has 32 heavy (non-hydrogen) atoms. The highest BCUT2D eigenvalue weighted by Crippen LogP contribution is 2.24. The fourth-order valence-corrected chi connectivity index (χ4v) is 3.24. The molecule has 2 amide bonds. The van der Waals surface area contributed by atoms with Crippen molar-refractivity contribution in [2.45, 2.75) is 0 Å². The van der Waals surface area contributed by atoms with Gasteiger partial charge in [-0.3, -0.25) is 14.8 Å². The molecular weight excluding hydrogens is 428 g/mol. The molecule has 0 aliphatic carbocycles. The van der Waals surface area contributed by atoms with Gasteiger partial charge in [0.25, 0.3) is 5.91 Å². The number of rotatable bonds is 5. The average molecular weight is 447 g/mol. The maximum atomic E-state index is 12.4. The number of hydrogen-bond acceptors (Lipinski definition) is 4. The average Bonchev–Trinajstić information content (AvgIpc) is 3.15. The number of nitrogens with zero attached hydrogens (tertiary/aromatic N) is 2. The lowest BCUT2D eigenvalue weighted by atomic mass is 10.1. The van der Waals surface area contributed by atoms with Crippen molar-refractivity contribution in [3.05, 3.63) is 95.5 Å². The summed E-state index contributed by atoms with van der Waals surface area (Å²) in [5.41, 5.74) is 2.51. The molecule has 160 valence electrons. The van der Waals surface area contributed by atoms with Gasteiger partial charge in [0.1, 0.15) is 11.6 Å². The summed E-state index contributed by atoms with van der Waals surface area (Å²) in [5.74, 6) is 0.642.